The quantitative estimate of drug-likeness (QED) is 0.634. The number of halogens is 1. The number of fused-ring (bicyclic) bond motifs is 1. The Labute approximate surface area is 133 Å². The normalized spacial score (nSPS) is 12.5. The van der Waals surface area contributed by atoms with E-state index in [2.05, 4.69) is 59.4 Å². The molecule has 0 fully saturated rings. The summed E-state index contributed by atoms with van der Waals surface area (Å²) >= 11 is 3.50. The molecule has 3 rings (SSSR count). The summed E-state index contributed by atoms with van der Waals surface area (Å²) in [6.07, 6.45) is 0.969. The molecule has 108 valence electrons. The lowest BCUT2D eigenvalue weighted by Crippen LogP contribution is -2.07. The van der Waals surface area contributed by atoms with Crippen molar-refractivity contribution < 1.29 is 4.42 Å². The number of hydrogen-bond acceptors (Lipinski definition) is 2. The van der Waals surface area contributed by atoms with Crippen LogP contribution in [-0.4, -0.2) is 0 Å². The van der Waals surface area contributed by atoms with Crippen LogP contribution in [0.15, 0.2) is 57.4 Å². The number of hydrogen-bond donors (Lipinski definition) is 1. The molecule has 0 amide bonds. The molecule has 0 bridgehead atoms. The molecule has 1 unspecified atom stereocenters. The second-order valence-electron chi connectivity index (χ2n) is 5.17. The molecule has 3 heteroatoms. The number of para-hydroxylation sites is 1. The van der Waals surface area contributed by atoms with Crippen LogP contribution < -0.4 is 5.32 Å². The summed E-state index contributed by atoms with van der Waals surface area (Å²) in [4.78, 5) is 0. The molecule has 2 aromatic carbocycles. The van der Waals surface area contributed by atoms with Gasteiger partial charge in [-0.05, 0) is 37.6 Å². The van der Waals surface area contributed by atoms with E-state index in [1.807, 2.05) is 24.3 Å². The maximum absolute atomic E-state index is 6.08. The Morgan fingerprint density at radius 1 is 1.14 bits per heavy atom. The van der Waals surface area contributed by atoms with Crippen LogP contribution in [-0.2, 0) is 6.42 Å². The molecule has 1 atom stereocenters. The molecular formula is C18H18BrNO. The minimum absolute atomic E-state index is 0.127. The minimum Gasteiger partial charge on any atom is -0.459 e. The van der Waals surface area contributed by atoms with Gasteiger partial charge in [-0.15, -0.1) is 0 Å². The van der Waals surface area contributed by atoms with Gasteiger partial charge in [0.1, 0.15) is 11.3 Å². The summed E-state index contributed by atoms with van der Waals surface area (Å²) < 4.78 is 7.15. The fourth-order valence-corrected chi connectivity index (χ4v) is 3.13. The first kappa shape index (κ1) is 14.2. The Hall–Kier alpha value is -1.74. The summed E-state index contributed by atoms with van der Waals surface area (Å²) in [7, 11) is 0. The number of benzene rings is 2. The van der Waals surface area contributed by atoms with E-state index in [4.69, 9.17) is 4.42 Å². The van der Waals surface area contributed by atoms with E-state index in [0.717, 1.165) is 27.9 Å². The van der Waals surface area contributed by atoms with E-state index in [1.54, 1.807) is 0 Å². The molecule has 0 aliphatic rings. The number of rotatable bonds is 4. The van der Waals surface area contributed by atoms with Crippen molar-refractivity contribution in [2.75, 3.05) is 5.32 Å². The maximum atomic E-state index is 6.08. The van der Waals surface area contributed by atoms with E-state index >= 15 is 0 Å². The Balaban J connectivity index is 1.95. The highest BCUT2D eigenvalue weighted by atomic mass is 79.9. The molecule has 1 N–H and O–H groups in total. The standard InChI is InChI=1S/C18H18BrNO/c1-3-15-16-9-4-5-10-17(16)21-18(15)12(2)20-14-8-6-7-13(19)11-14/h4-12,20H,3H2,1-2H3. The second kappa shape index (κ2) is 5.94. The Morgan fingerprint density at radius 2 is 1.95 bits per heavy atom. The van der Waals surface area contributed by atoms with Crippen molar-refractivity contribution in [3.63, 3.8) is 0 Å². The lowest BCUT2D eigenvalue weighted by atomic mass is 10.0. The van der Waals surface area contributed by atoms with Crippen molar-refractivity contribution >= 4 is 32.6 Å². The fraction of sp³-hybridized carbons (Fsp3) is 0.222. The average molecular weight is 344 g/mol. The summed E-state index contributed by atoms with van der Waals surface area (Å²) in [5, 5.41) is 4.73. The van der Waals surface area contributed by atoms with E-state index in [-0.39, 0.29) is 6.04 Å². The second-order valence-corrected chi connectivity index (χ2v) is 6.09. The van der Waals surface area contributed by atoms with Gasteiger partial charge in [-0.2, -0.15) is 0 Å². The third kappa shape index (κ3) is 2.84. The number of aryl methyl sites for hydroxylation is 1. The lowest BCUT2D eigenvalue weighted by molar-refractivity contribution is 0.520. The molecule has 0 spiro atoms. The molecule has 0 aliphatic heterocycles. The van der Waals surface area contributed by atoms with Gasteiger partial charge < -0.3 is 9.73 Å². The van der Waals surface area contributed by atoms with E-state index in [0.29, 0.717) is 0 Å². The van der Waals surface area contributed by atoms with Crippen LogP contribution in [0, 0.1) is 0 Å². The molecule has 3 aromatic rings. The summed E-state index contributed by atoms with van der Waals surface area (Å²) in [6.45, 7) is 4.31. The van der Waals surface area contributed by atoms with E-state index in [9.17, 15) is 0 Å². The van der Waals surface area contributed by atoms with Crippen molar-refractivity contribution in [2.45, 2.75) is 26.3 Å². The Kier molecular flexibility index (Phi) is 4.02. The van der Waals surface area contributed by atoms with Gasteiger partial charge in [0.05, 0.1) is 6.04 Å². The molecule has 0 aliphatic carbocycles. The van der Waals surface area contributed by atoms with Gasteiger partial charge in [0, 0.05) is 21.1 Å². The van der Waals surface area contributed by atoms with E-state index < -0.39 is 0 Å². The number of anilines is 1. The first-order valence-corrected chi connectivity index (χ1v) is 8.00. The molecule has 1 aromatic heterocycles. The van der Waals surface area contributed by atoms with Crippen molar-refractivity contribution in [3.8, 4) is 0 Å². The van der Waals surface area contributed by atoms with Crippen LogP contribution in [0.5, 0.6) is 0 Å². The molecule has 2 nitrogen and oxygen atoms in total. The summed E-state index contributed by atoms with van der Waals surface area (Å²) in [5.41, 5.74) is 3.34. The molecule has 0 saturated heterocycles. The summed E-state index contributed by atoms with van der Waals surface area (Å²) in [6, 6.07) is 16.6. The zero-order valence-corrected chi connectivity index (χ0v) is 13.8. The highest BCUT2D eigenvalue weighted by Crippen LogP contribution is 2.32. The topological polar surface area (TPSA) is 25.2 Å². The Morgan fingerprint density at radius 3 is 2.71 bits per heavy atom. The highest BCUT2D eigenvalue weighted by Gasteiger charge is 2.18. The van der Waals surface area contributed by atoms with Crippen molar-refractivity contribution in [3.05, 3.63) is 64.3 Å². The van der Waals surface area contributed by atoms with Crippen LogP contribution >= 0.6 is 15.9 Å². The smallest absolute Gasteiger partial charge is 0.134 e. The first-order valence-electron chi connectivity index (χ1n) is 7.21. The van der Waals surface area contributed by atoms with Gasteiger partial charge in [-0.1, -0.05) is 47.1 Å². The van der Waals surface area contributed by atoms with Crippen molar-refractivity contribution in [2.24, 2.45) is 0 Å². The van der Waals surface area contributed by atoms with Crippen LogP contribution in [0.25, 0.3) is 11.0 Å². The van der Waals surface area contributed by atoms with Crippen LogP contribution in [0.2, 0.25) is 0 Å². The molecular weight excluding hydrogens is 326 g/mol. The van der Waals surface area contributed by atoms with Gasteiger partial charge in [-0.3, -0.25) is 0 Å². The van der Waals surface area contributed by atoms with Gasteiger partial charge >= 0.3 is 0 Å². The minimum atomic E-state index is 0.127. The van der Waals surface area contributed by atoms with Crippen LogP contribution in [0.1, 0.15) is 31.2 Å². The monoisotopic (exact) mass is 343 g/mol. The van der Waals surface area contributed by atoms with Crippen LogP contribution in [0.3, 0.4) is 0 Å². The zero-order chi connectivity index (χ0) is 14.8. The predicted octanol–water partition coefficient (Wildman–Crippen LogP) is 5.93. The molecule has 0 radical (unpaired) electrons. The fourth-order valence-electron chi connectivity index (χ4n) is 2.73. The molecule has 1 heterocycles. The SMILES string of the molecule is CCc1c(C(C)Nc2cccc(Br)c2)oc2ccccc12. The maximum Gasteiger partial charge on any atom is 0.134 e. The molecule has 21 heavy (non-hydrogen) atoms. The number of nitrogens with one attached hydrogen (secondary N) is 1. The Bertz CT molecular complexity index is 763. The highest BCUT2D eigenvalue weighted by molar-refractivity contribution is 9.10. The third-order valence-electron chi connectivity index (χ3n) is 3.68. The van der Waals surface area contributed by atoms with Crippen molar-refractivity contribution in [1.82, 2.24) is 0 Å². The largest absolute Gasteiger partial charge is 0.459 e. The van der Waals surface area contributed by atoms with E-state index in [1.165, 1.54) is 10.9 Å². The van der Waals surface area contributed by atoms with Gasteiger partial charge in [0.15, 0.2) is 0 Å². The van der Waals surface area contributed by atoms with Crippen molar-refractivity contribution in [1.29, 1.82) is 0 Å². The summed E-state index contributed by atoms with van der Waals surface area (Å²) in [5.74, 6) is 1.03. The average Bonchev–Trinajstić information content (AvgIpc) is 2.86. The lowest BCUT2D eigenvalue weighted by Gasteiger charge is -2.14. The number of furan rings is 1. The zero-order valence-electron chi connectivity index (χ0n) is 12.2. The van der Waals surface area contributed by atoms with Gasteiger partial charge in [0.25, 0.3) is 0 Å². The predicted molar refractivity (Wildman–Crippen MR) is 91.8 cm³/mol. The third-order valence-corrected chi connectivity index (χ3v) is 4.18. The first-order chi connectivity index (χ1) is 10.2. The van der Waals surface area contributed by atoms with Gasteiger partial charge in [0.2, 0.25) is 0 Å². The van der Waals surface area contributed by atoms with Crippen LogP contribution in [0.4, 0.5) is 5.69 Å². The van der Waals surface area contributed by atoms with Gasteiger partial charge in [-0.25, -0.2) is 0 Å². The molecule has 0 saturated carbocycles.